The van der Waals surface area contributed by atoms with Crippen molar-refractivity contribution in [2.24, 2.45) is 4.74 Å². The van der Waals surface area contributed by atoms with Gasteiger partial charge in [0.15, 0.2) is 7.28 Å². The Hall–Kier alpha value is -3.81. The lowest BCUT2D eigenvalue weighted by Crippen LogP contribution is -2.27. The number of fused-ring (bicyclic) bond motifs is 4. The summed E-state index contributed by atoms with van der Waals surface area (Å²) >= 11 is 0. The minimum atomic E-state index is -2.65. The maximum atomic E-state index is 7.14. The van der Waals surface area contributed by atoms with Gasteiger partial charge in [0.2, 0.25) is 0 Å². The summed E-state index contributed by atoms with van der Waals surface area (Å²) < 4.78 is 15.2. The molecule has 1 heterocycles. The van der Waals surface area contributed by atoms with Crippen LogP contribution >= 0.6 is 7.28 Å². The Morgan fingerprint density at radius 1 is 0.684 bits per heavy atom. The predicted octanol–water partition coefficient (Wildman–Crippen LogP) is 9.92. The molecular formula is C34H33N2OP. The molecule has 0 radical (unpaired) electrons. The first kappa shape index (κ1) is 24.5. The number of hydrogen-bond donors (Lipinski definition) is 0. The van der Waals surface area contributed by atoms with Gasteiger partial charge in [-0.3, -0.25) is 0 Å². The third-order valence-electron chi connectivity index (χ3n) is 7.33. The van der Waals surface area contributed by atoms with Crippen LogP contribution < -0.4 is 9.83 Å². The van der Waals surface area contributed by atoms with E-state index in [9.17, 15) is 0 Å². The van der Waals surface area contributed by atoms with Crippen LogP contribution in [0.3, 0.4) is 0 Å². The van der Waals surface area contributed by atoms with Crippen molar-refractivity contribution in [3.63, 3.8) is 0 Å². The van der Waals surface area contributed by atoms with Gasteiger partial charge in [-0.2, -0.15) is 0 Å². The first-order chi connectivity index (χ1) is 18.4. The van der Waals surface area contributed by atoms with Gasteiger partial charge < -0.3 is 9.09 Å². The van der Waals surface area contributed by atoms with Crippen molar-refractivity contribution >= 4 is 50.9 Å². The fraction of sp³-hybridized carbons (Fsp3) is 0.176. The number of rotatable bonds is 5. The molecule has 0 bridgehead atoms. The molecule has 0 aliphatic heterocycles. The molecule has 4 heteroatoms. The Bertz CT molecular complexity index is 1820. The van der Waals surface area contributed by atoms with Crippen LogP contribution in [0.4, 0.5) is 5.69 Å². The van der Waals surface area contributed by atoms with Crippen molar-refractivity contribution in [3.05, 3.63) is 115 Å². The maximum absolute atomic E-state index is 7.14. The van der Waals surface area contributed by atoms with Crippen molar-refractivity contribution < 1.29 is 4.52 Å². The second-order valence-corrected chi connectivity index (χ2v) is 14.1. The Kier molecular flexibility index (Phi) is 6.13. The van der Waals surface area contributed by atoms with Crippen LogP contribution in [-0.4, -0.2) is 9.72 Å². The predicted molar refractivity (Wildman–Crippen MR) is 165 cm³/mol. The normalized spacial score (nSPS) is 13.6. The van der Waals surface area contributed by atoms with Crippen LogP contribution in [0, 0.1) is 0 Å². The SMILES string of the molecule is CCn1c2ccccc2c2cc([P@](=Nc3cccc4ccccc34)(Oc3ccccc3)C(C)(C)C)ccc21. The highest BCUT2D eigenvalue weighted by atomic mass is 31.2. The van der Waals surface area contributed by atoms with Gasteiger partial charge in [0.05, 0.1) is 5.69 Å². The molecule has 0 spiro atoms. The Labute approximate surface area is 224 Å². The van der Waals surface area contributed by atoms with Crippen LogP contribution in [0.1, 0.15) is 27.7 Å². The lowest BCUT2D eigenvalue weighted by Gasteiger charge is -2.37. The summed E-state index contributed by atoms with van der Waals surface area (Å²) in [4.78, 5) is 0. The van der Waals surface area contributed by atoms with Gasteiger partial charge in [-0.05, 0) is 54.8 Å². The average Bonchev–Trinajstić information content (AvgIpc) is 3.26. The van der Waals surface area contributed by atoms with E-state index in [-0.39, 0.29) is 5.16 Å². The highest BCUT2D eigenvalue weighted by Crippen LogP contribution is 2.62. The fourth-order valence-corrected chi connectivity index (χ4v) is 8.55. The second-order valence-electron chi connectivity index (χ2n) is 10.7. The Morgan fingerprint density at radius 2 is 1.34 bits per heavy atom. The molecule has 1 atom stereocenters. The summed E-state index contributed by atoms with van der Waals surface area (Å²) in [5.41, 5.74) is 3.48. The van der Waals surface area contributed by atoms with Gasteiger partial charge in [0, 0.05) is 44.2 Å². The van der Waals surface area contributed by atoms with Crippen molar-refractivity contribution in [1.29, 1.82) is 0 Å². The van der Waals surface area contributed by atoms with E-state index < -0.39 is 7.28 Å². The molecule has 3 nitrogen and oxygen atoms in total. The van der Waals surface area contributed by atoms with Crippen LogP contribution in [0.2, 0.25) is 0 Å². The van der Waals surface area contributed by atoms with E-state index >= 15 is 0 Å². The van der Waals surface area contributed by atoms with E-state index in [4.69, 9.17) is 9.27 Å². The minimum Gasteiger partial charge on any atom is -0.455 e. The molecule has 0 aliphatic rings. The molecule has 38 heavy (non-hydrogen) atoms. The summed E-state index contributed by atoms with van der Waals surface area (Å²) in [5.74, 6) is 0.843. The number of benzene rings is 5. The molecule has 0 amide bonds. The summed E-state index contributed by atoms with van der Waals surface area (Å²) in [6.45, 7) is 9.91. The Balaban J connectivity index is 1.71. The minimum absolute atomic E-state index is 0.267. The molecule has 0 aliphatic carbocycles. The molecule has 6 aromatic rings. The molecule has 0 unspecified atom stereocenters. The second kappa shape index (κ2) is 9.49. The summed E-state index contributed by atoms with van der Waals surface area (Å²) in [7, 11) is -2.65. The molecule has 0 N–H and O–H groups in total. The van der Waals surface area contributed by atoms with Crippen LogP contribution in [0.5, 0.6) is 5.75 Å². The zero-order chi connectivity index (χ0) is 26.3. The van der Waals surface area contributed by atoms with Crippen molar-refractivity contribution in [1.82, 2.24) is 4.57 Å². The van der Waals surface area contributed by atoms with Gasteiger partial charge in [0.25, 0.3) is 0 Å². The molecule has 0 saturated heterocycles. The summed E-state index contributed by atoms with van der Waals surface area (Å²) in [6, 6.07) is 40.6. The molecule has 5 aromatic carbocycles. The highest BCUT2D eigenvalue weighted by Gasteiger charge is 2.39. The molecule has 0 fully saturated rings. The fourth-order valence-electron chi connectivity index (χ4n) is 5.46. The standard InChI is InChI=1S/C34H33N2OP/c1-5-36-32-21-12-11-19-29(32)30-24-27(22-23-33(30)36)38(34(2,3)4,37-26-16-7-6-8-17-26)35-31-20-13-15-25-14-9-10-18-28(25)31/h6-24H,5H2,1-4H3/t38-/m0/s1. The number of hydrogen-bond acceptors (Lipinski definition) is 2. The number of aryl methyl sites for hydroxylation is 1. The summed E-state index contributed by atoms with van der Waals surface area (Å²) in [5, 5.41) is 5.72. The molecule has 1 aromatic heterocycles. The molecular weight excluding hydrogens is 483 g/mol. The maximum Gasteiger partial charge on any atom is 0.173 e. The monoisotopic (exact) mass is 516 g/mol. The average molecular weight is 517 g/mol. The van der Waals surface area contributed by atoms with E-state index in [1.807, 2.05) is 30.3 Å². The van der Waals surface area contributed by atoms with Crippen LogP contribution in [-0.2, 0) is 6.54 Å². The van der Waals surface area contributed by atoms with Crippen molar-refractivity contribution in [3.8, 4) is 5.75 Å². The van der Waals surface area contributed by atoms with Gasteiger partial charge in [-0.1, -0.05) is 93.6 Å². The van der Waals surface area contributed by atoms with E-state index in [2.05, 4.69) is 117 Å². The zero-order valence-electron chi connectivity index (χ0n) is 22.4. The summed E-state index contributed by atoms with van der Waals surface area (Å²) in [6.07, 6.45) is 0. The smallest absolute Gasteiger partial charge is 0.173 e. The lowest BCUT2D eigenvalue weighted by molar-refractivity contribution is 0.571. The molecule has 6 rings (SSSR count). The van der Waals surface area contributed by atoms with Crippen LogP contribution in [0.15, 0.2) is 120 Å². The Morgan fingerprint density at radius 3 is 2.11 bits per heavy atom. The molecule has 0 saturated carbocycles. The first-order valence-electron chi connectivity index (χ1n) is 13.3. The zero-order valence-corrected chi connectivity index (χ0v) is 23.3. The van der Waals surface area contributed by atoms with Crippen molar-refractivity contribution in [2.75, 3.05) is 0 Å². The topological polar surface area (TPSA) is 26.5 Å². The quantitative estimate of drug-likeness (QED) is 0.209. The van der Waals surface area contributed by atoms with Gasteiger partial charge in [0.1, 0.15) is 5.75 Å². The number of para-hydroxylation sites is 2. The third-order valence-corrected chi connectivity index (χ3v) is 11.1. The molecule has 190 valence electrons. The largest absolute Gasteiger partial charge is 0.455 e. The van der Waals surface area contributed by atoms with Gasteiger partial charge in [-0.15, -0.1) is 0 Å². The third kappa shape index (κ3) is 4.03. The van der Waals surface area contributed by atoms with Crippen LogP contribution in [0.25, 0.3) is 32.6 Å². The van der Waals surface area contributed by atoms with E-state index in [0.29, 0.717) is 0 Å². The van der Waals surface area contributed by atoms with E-state index in [0.717, 1.165) is 28.7 Å². The highest BCUT2D eigenvalue weighted by molar-refractivity contribution is 7.71. The lowest BCUT2D eigenvalue weighted by atomic mass is 10.1. The van der Waals surface area contributed by atoms with Gasteiger partial charge in [-0.25, -0.2) is 4.74 Å². The van der Waals surface area contributed by atoms with E-state index in [1.165, 1.54) is 27.2 Å². The van der Waals surface area contributed by atoms with E-state index in [1.54, 1.807) is 0 Å². The van der Waals surface area contributed by atoms with Gasteiger partial charge >= 0.3 is 0 Å². The number of aromatic nitrogens is 1. The van der Waals surface area contributed by atoms with Crippen molar-refractivity contribution in [2.45, 2.75) is 39.4 Å². The number of nitrogens with zero attached hydrogens (tertiary/aromatic N) is 2. The first-order valence-corrected chi connectivity index (χ1v) is 14.9.